The predicted molar refractivity (Wildman–Crippen MR) is 112 cm³/mol. The van der Waals surface area contributed by atoms with E-state index in [4.69, 9.17) is 4.74 Å². The second-order valence-electron chi connectivity index (χ2n) is 8.89. The molecule has 2 heteroatoms. The molecule has 0 aliphatic heterocycles. The van der Waals surface area contributed by atoms with Crippen molar-refractivity contribution in [1.29, 1.82) is 0 Å². The lowest BCUT2D eigenvalue weighted by Gasteiger charge is -2.27. The Bertz CT molecular complexity index is 548. The molecule has 1 aromatic rings. The molecule has 0 amide bonds. The average molecular weight is 371 g/mol. The van der Waals surface area contributed by atoms with Crippen molar-refractivity contribution in [2.24, 2.45) is 11.8 Å². The van der Waals surface area contributed by atoms with E-state index in [-0.39, 0.29) is 11.9 Å². The highest BCUT2D eigenvalue weighted by atomic mass is 16.5. The summed E-state index contributed by atoms with van der Waals surface area (Å²) < 4.78 is 5.71. The van der Waals surface area contributed by atoms with Gasteiger partial charge in [0, 0.05) is 0 Å². The third-order valence-electron chi connectivity index (χ3n) is 6.82. The lowest BCUT2D eigenvalue weighted by molar-refractivity contribution is -0.140. The Balaban J connectivity index is 1.40. The van der Waals surface area contributed by atoms with Crippen LogP contribution in [0.1, 0.15) is 108 Å². The van der Waals surface area contributed by atoms with Crippen LogP contribution in [0.2, 0.25) is 0 Å². The maximum atomic E-state index is 12.5. The summed E-state index contributed by atoms with van der Waals surface area (Å²) in [4.78, 5) is 12.5. The zero-order valence-electron chi connectivity index (χ0n) is 17.3. The van der Waals surface area contributed by atoms with Gasteiger partial charge in [-0.05, 0) is 68.1 Å². The first-order valence-corrected chi connectivity index (χ1v) is 11.6. The van der Waals surface area contributed by atoms with Gasteiger partial charge in [0.25, 0.3) is 0 Å². The molecule has 0 unspecified atom stereocenters. The smallest absolute Gasteiger partial charge is 0.314 e. The van der Waals surface area contributed by atoms with Gasteiger partial charge in [-0.15, -0.1) is 0 Å². The van der Waals surface area contributed by atoms with Gasteiger partial charge in [-0.2, -0.15) is 0 Å². The molecule has 0 N–H and O–H groups in total. The highest BCUT2D eigenvalue weighted by Crippen LogP contribution is 2.35. The van der Waals surface area contributed by atoms with E-state index < -0.39 is 0 Å². The molecule has 2 nitrogen and oxygen atoms in total. The van der Waals surface area contributed by atoms with E-state index in [1.165, 1.54) is 82.6 Å². The van der Waals surface area contributed by atoms with Crippen molar-refractivity contribution in [3.05, 3.63) is 29.8 Å². The standard InChI is InChI=1S/C25H38O2/c1-2-3-4-6-9-20-12-14-23(15-13-20)25(26)27-24-18-16-22(17-19-24)21-10-7-5-8-11-21/h16-21,23H,2-15H2,1H3. The molecule has 2 fully saturated rings. The molecule has 0 bridgehead atoms. The highest BCUT2D eigenvalue weighted by Gasteiger charge is 2.27. The van der Waals surface area contributed by atoms with Crippen LogP contribution in [0.25, 0.3) is 0 Å². The van der Waals surface area contributed by atoms with Crippen molar-refractivity contribution in [3.8, 4) is 5.75 Å². The molecule has 0 atom stereocenters. The third kappa shape index (κ3) is 6.36. The number of unbranched alkanes of at least 4 members (excludes halogenated alkanes) is 3. The predicted octanol–water partition coefficient (Wildman–Crippen LogP) is 7.42. The molecule has 2 aliphatic carbocycles. The topological polar surface area (TPSA) is 26.3 Å². The first-order valence-electron chi connectivity index (χ1n) is 11.6. The van der Waals surface area contributed by atoms with Gasteiger partial charge in [-0.25, -0.2) is 0 Å². The van der Waals surface area contributed by atoms with Crippen LogP contribution in [0.4, 0.5) is 0 Å². The van der Waals surface area contributed by atoms with Crippen molar-refractivity contribution in [3.63, 3.8) is 0 Å². The molecule has 0 radical (unpaired) electrons. The van der Waals surface area contributed by atoms with Crippen LogP contribution in [0.3, 0.4) is 0 Å². The maximum Gasteiger partial charge on any atom is 0.314 e. The zero-order valence-corrected chi connectivity index (χ0v) is 17.3. The van der Waals surface area contributed by atoms with Crippen molar-refractivity contribution in [1.82, 2.24) is 0 Å². The minimum Gasteiger partial charge on any atom is -0.426 e. The van der Waals surface area contributed by atoms with Gasteiger partial charge in [0.05, 0.1) is 5.92 Å². The van der Waals surface area contributed by atoms with Crippen molar-refractivity contribution in [2.75, 3.05) is 0 Å². The summed E-state index contributed by atoms with van der Waals surface area (Å²) in [6, 6.07) is 8.35. The SMILES string of the molecule is CCCCCCC1CCC(C(=O)Oc2ccc(C3CCCCC3)cc2)CC1. The summed E-state index contributed by atoms with van der Waals surface area (Å²) in [5, 5.41) is 0. The minimum absolute atomic E-state index is 0.00940. The monoisotopic (exact) mass is 370 g/mol. The Hall–Kier alpha value is -1.31. The van der Waals surface area contributed by atoms with Crippen LogP contribution in [0, 0.1) is 11.8 Å². The summed E-state index contributed by atoms with van der Waals surface area (Å²) >= 11 is 0. The Morgan fingerprint density at radius 3 is 2.26 bits per heavy atom. The average Bonchev–Trinajstić information content (AvgIpc) is 2.73. The van der Waals surface area contributed by atoms with Crippen molar-refractivity contribution >= 4 is 5.97 Å². The van der Waals surface area contributed by atoms with Crippen LogP contribution in [0.5, 0.6) is 5.75 Å². The van der Waals surface area contributed by atoms with Gasteiger partial charge in [-0.1, -0.05) is 70.4 Å². The van der Waals surface area contributed by atoms with E-state index >= 15 is 0 Å². The third-order valence-corrected chi connectivity index (χ3v) is 6.82. The van der Waals surface area contributed by atoms with Gasteiger partial charge < -0.3 is 4.74 Å². The molecular weight excluding hydrogens is 332 g/mol. The molecule has 0 heterocycles. The number of hydrogen-bond donors (Lipinski definition) is 0. The van der Waals surface area contributed by atoms with Gasteiger partial charge in [-0.3, -0.25) is 4.79 Å². The van der Waals surface area contributed by atoms with Gasteiger partial charge >= 0.3 is 5.97 Å². The Morgan fingerprint density at radius 2 is 1.59 bits per heavy atom. The molecule has 1 aromatic carbocycles. The number of carbonyl (C=O) groups excluding carboxylic acids is 1. The van der Waals surface area contributed by atoms with E-state index in [1.807, 2.05) is 12.1 Å². The van der Waals surface area contributed by atoms with Gasteiger partial charge in [0.15, 0.2) is 0 Å². The molecule has 3 rings (SSSR count). The minimum atomic E-state index is -0.00940. The van der Waals surface area contributed by atoms with Crippen molar-refractivity contribution < 1.29 is 9.53 Å². The highest BCUT2D eigenvalue weighted by molar-refractivity contribution is 5.75. The maximum absolute atomic E-state index is 12.5. The number of carbonyl (C=O) groups is 1. The van der Waals surface area contributed by atoms with Crippen LogP contribution in [0.15, 0.2) is 24.3 Å². The fourth-order valence-electron chi connectivity index (χ4n) is 4.99. The first kappa shape index (κ1) is 20.4. The quantitative estimate of drug-likeness (QED) is 0.270. The van der Waals surface area contributed by atoms with Gasteiger partial charge in [0.2, 0.25) is 0 Å². The number of benzene rings is 1. The summed E-state index contributed by atoms with van der Waals surface area (Å²) in [6.45, 7) is 2.26. The lowest BCUT2D eigenvalue weighted by Crippen LogP contribution is -2.25. The van der Waals surface area contributed by atoms with Gasteiger partial charge in [0.1, 0.15) is 5.75 Å². The Kier molecular flexibility index (Phi) is 8.23. The molecule has 150 valence electrons. The summed E-state index contributed by atoms with van der Waals surface area (Å²) in [5.41, 5.74) is 1.41. The number of esters is 1. The van der Waals surface area contributed by atoms with E-state index in [1.54, 1.807) is 0 Å². The molecule has 0 aromatic heterocycles. The second-order valence-corrected chi connectivity index (χ2v) is 8.89. The molecule has 2 saturated carbocycles. The molecule has 0 spiro atoms. The molecular formula is C25H38O2. The van der Waals surface area contributed by atoms with Crippen LogP contribution in [-0.2, 0) is 4.79 Å². The summed E-state index contributed by atoms with van der Waals surface area (Å²) in [6.07, 6.45) is 17.9. The number of rotatable bonds is 8. The van der Waals surface area contributed by atoms with Crippen LogP contribution < -0.4 is 4.74 Å². The fourth-order valence-corrected chi connectivity index (χ4v) is 4.99. The number of hydrogen-bond acceptors (Lipinski definition) is 2. The normalized spacial score (nSPS) is 23.9. The van der Waals surface area contributed by atoms with E-state index in [0.29, 0.717) is 5.92 Å². The molecule has 0 saturated heterocycles. The van der Waals surface area contributed by atoms with E-state index in [2.05, 4.69) is 19.1 Å². The van der Waals surface area contributed by atoms with Crippen LogP contribution in [-0.4, -0.2) is 5.97 Å². The Labute approximate surface area is 166 Å². The lowest BCUT2D eigenvalue weighted by atomic mass is 9.80. The van der Waals surface area contributed by atoms with E-state index in [9.17, 15) is 4.79 Å². The largest absolute Gasteiger partial charge is 0.426 e. The van der Waals surface area contributed by atoms with Crippen molar-refractivity contribution in [2.45, 2.75) is 103 Å². The second kappa shape index (κ2) is 10.9. The summed E-state index contributed by atoms with van der Waals surface area (Å²) in [7, 11) is 0. The summed E-state index contributed by atoms with van der Waals surface area (Å²) in [5.74, 6) is 2.36. The zero-order chi connectivity index (χ0) is 18.9. The molecule has 2 aliphatic rings. The Morgan fingerprint density at radius 1 is 0.889 bits per heavy atom. The molecule has 27 heavy (non-hydrogen) atoms. The first-order chi connectivity index (χ1) is 13.3. The van der Waals surface area contributed by atoms with E-state index in [0.717, 1.165) is 24.5 Å². The fraction of sp³-hybridized carbons (Fsp3) is 0.720. The van der Waals surface area contributed by atoms with Crippen LogP contribution >= 0.6 is 0 Å². The number of ether oxygens (including phenoxy) is 1.